The number of nitrogens with zero attached hydrogens (tertiary/aromatic N) is 1. The van der Waals surface area contributed by atoms with Crippen LogP contribution in [0, 0.1) is 6.92 Å². The molecule has 0 fully saturated rings. The van der Waals surface area contributed by atoms with Crippen molar-refractivity contribution in [2.45, 2.75) is 26.9 Å². The maximum absolute atomic E-state index is 8.92. The largest absolute Gasteiger partial charge is 0.496 e. The van der Waals surface area contributed by atoms with Gasteiger partial charge in [-0.05, 0) is 43.2 Å². The SMILES string of the molecule is CCNC(=NCc1ccc(OCCO)c(OC)c1)NCc1ccc(C)cc1OC. The first-order valence-electron chi connectivity index (χ1n) is 9.67. The zero-order valence-electron chi connectivity index (χ0n) is 17.6. The van der Waals surface area contributed by atoms with E-state index in [9.17, 15) is 0 Å². The second-order valence-electron chi connectivity index (χ2n) is 6.42. The minimum atomic E-state index is -0.0430. The molecule has 0 aliphatic heterocycles. The summed E-state index contributed by atoms with van der Waals surface area (Å²) in [6.45, 7) is 6.10. The summed E-state index contributed by atoms with van der Waals surface area (Å²) in [5, 5.41) is 15.5. The average Bonchev–Trinajstić information content (AvgIpc) is 2.74. The fourth-order valence-electron chi connectivity index (χ4n) is 2.77. The normalized spacial score (nSPS) is 11.1. The van der Waals surface area contributed by atoms with Crippen molar-refractivity contribution >= 4 is 5.96 Å². The third-order valence-corrected chi connectivity index (χ3v) is 4.23. The monoisotopic (exact) mass is 401 g/mol. The lowest BCUT2D eigenvalue weighted by molar-refractivity contribution is 0.196. The molecule has 0 saturated heterocycles. The number of guanidine groups is 1. The van der Waals surface area contributed by atoms with E-state index in [1.54, 1.807) is 14.2 Å². The highest BCUT2D eigenvalue weighted by molar-refractivity contribution is 5.79. The fraction of sp³-hybridized carbons (Fsp3) is 0.409. The van der Waals surface area contributed by atoms with Crippen LogP contribution in [0.1, 0.15) is 23.6 Å². The molecule has 0 heterocycles. The van der Waals surface area contributed by atoms with Gasteiger partial charge < -0.3 is 30.0 Å². The molecule has 3 N–H and O–H groups in total. The molecule has 0 amide bonds. The summed E-state index contributed by atoms with van der Waals surface area (Å²) in [6.07, 6.45) is 0. The van der Waals surface area contributed by atoms with Gasteiger partial charge in [0.1, 0.15) is 12.4 Å². The Bertz CT molecular complexity index is 809. The zero-order chi connectivity index (χ0) is 21.1. The van der Waals surface area contributed by atoms with E-state index in [4.69, 9.17) is 19.3 Å². The van der Waals surface area contributed by atoms with Crippen LogP contribution in [-0.4, -0.2) is 45.0 Å². The quantitative estimate of drug-likeness (QED) is 0.419. The molecule has 0 aliphatic rings. The first-order valence-corrected chi connectivity index (χ1v) is 9.67. The predicted octanol–water partition coefficient (Wildman–Crippen LogP) is 2.64. The van der Waals surface area contributed by atoms with Gasteiger partial charge in [-0.3, -0.25) is 0 Å². The summed E-state index contributed by atoms with van der Waals surface area (Å²) in [7, 11) is 3.27. The Labute approximate surface area is 172 Å². The van der Waals surface area contributed by atoms with E-state index in [1.165, 1.54) is 0 Å². The minimum absolute atomic E-state index is 0.0430. The van der Waals surface area contributed by atoms with Crippen LogP contribution >= 0.6 is 0 Å². The van der Waals surface area contributed by atoms with Gasteiger partial charge in [0, 0.05) is 18.7 Å². The molecule has 2 aromatic carbocycles. The Morgan fingerprint density at radius 1 is 1.00 bits per heavy atom. The zero-order valence-corrected chi connectivity index (χ0v) is 17.6. The molecule has 0 aliphatic carbocycles. The van der Waals surface area contributed by atoms with E-state index < -0.39 is 0 Å². The summed E-state index contributed by atoms with van der Waals surface area (Å²) in [5.74, 6) is 2.80. The number of hydrogen-bond acceptors (Lipinski definition) is 5. The van der Waals surface area contributed by atoms with Gasteiger partial charge >= 0.3 is 0 Å². The topological polar surface area (TPSA) is 84.3 Å². The Hall–Kier alpha value is -2.93. The Balaban J connectivity index is 2.07. The minimum Gasteiger partial charge on any atom is -0.496 e. The van der Waals surface area contributed by atoms with Crippen molar-refractivity contribution in [1.29, 1.82) is 0 Å². The van der Waals surface area contributed by atoms with Crippen LogP contribution in [0.25, 0.3) is 0 Å². The number of benzene rings is 2. The summed E-state index contributed by atoms with van der Waals surface area (Å²) in [4.78, 5) is 4.66. The van der Waals surface area contributed by atoms with Gasteiger partial charge in [-0.25, -0.2) is 4.99 Å². The van der Waals surface area contributed by atoms with Gasteiger partial charge in [0.05, 0.1) is 27.4 Å². The second-order valence-corrected chi connectivity index (χ2v) is 6.42. The van der Waals surface area contributed by atoms with Crippen molar-refractivity contribution in [1.82, 2.24) is 10.6 Å². The average molecular weight is 402 g/mol. The van der Waals surface area contributed by atoms with E-state index in [0.29, 0.717) is 24.6 Å². The van der Waals surface area contributed by atoms with E-state index in [2.05, 4.69) is 27.8 Å². The number of rotatable bonds is 10. The number of aryl methyl sites for hydroxylation is 1. The number of methoxy groups -OCH3 is 2. The lowest BCUT2D eigenvalue weighted by Gasteiger charge is -2.14. The molecule has 2 rings (SSSR count). The third kappa shape index (κ3) is 6.87. The number of hydrogen-bond donors (Lipinski definition) is 3. The molecule has 0 radical (unpaired) electrons. The highest BCUT2D eigenvalue weighted by Crippen LogP contribution is 2.28. The standard InChI is InChI=1S/C22H31N3O4/c1-5-23-22(25-15-18-8-6-16(2)12-20(18)27-3)24-14-17-7-9-19(29-11-10-26)21(13-17)28-4/h6-9,12-13,26H,5,10-11,14-15H2,1-4H3,(H2,23,24,25). The first-order chi connectivity index (χ1) is 14.1. The molecule has 7 nitrogen and oxygen atoms in total. The van der Waals surface area contributed by atoms with Crippen molar-refractivity contribution in [2.24, 2.45) is 4.99 Å². The molecule has 0 saturated carbocycles. The van der Waals surface area contributed by atoms with Gasteiger partial charge in [-0.1, -0.05) is 18.2 Å². The summed E-state index contributed by atoms with van der Waals surface area (Å²) >= 11 is 0. The van der Waals surface area contributed by atoms with Crippen LogP contribution < -0.4 is 24.8 Å². The van der Waals surface area contributed by atoms with E-state index in [1.807, 2.05) is 38.1 Å². The Kier molecular flexibility index (Phi) is 9.11. The summed E-state index contributed by atoms with van der Waals surface area (Å²) < 4.78 is 16.3. The predicted molar refractivity (Wildman–Crippen MR) is 115 cm³/mol. The molecular weight excluding hydrogens is 370 g/mol. The molecule has 0 unspecified atom stereocenters. The summed E-state index contributed by atoms with van der Waals surface area (Å²) in [6, 6.07) is 11.8. The summed E-state index contributed by atoms with van der Waals surface area (Å²) in [5.41, 5.74) is 3.21. The Morgan fingerprint density at radius 2 is 1.79 bits per heavy atom. The smallest absolute Gasteiger partial charge is 0.191 e. The van der Waals surface area contributed by atoms with E-state index >= 15 is 0 Å². The number of nitrogens with one attached hydrogen (secondary N) is 2. The molecule has 0 aromatic heterocycles. The lowest BCUT2D eigenvalue weighted by Crippen LogP contribution is -2.36. The van der Waals surface area contributed by atoms with Crippen LogP contribution in [0.2, 0.25) is 0 Å². The van der Waals surface area contributed by atoms with Gasteiger partial charge in [-0.15, -0.1) is 0 Å². The van der Waals surface area contributed by atoms with Gasteiger partial charge in [0.25, 0.3) is 0 Å². The number of aliphatic imine (C=N–C) groups is 1. The van der Waals surface area contributed by atoms with E-state index in [-0.39, 0.29) is 13.2 Å². The number of aliphatic hydroxyl groups is 1. The van der Waals surface area contributed by atoms with Gasteiger partial charge in [0.2, 0.25) is 0 Å². The van der Waals surface area contributed by atoms with Gasteiger partial charge in [0.15, 0.2) is 17.5 Å². The van der Waals surface area contributed by atoms with Crippen molar-refractivity contribution in [3.8, 4) is 17.2 Å². The van der Waals surface area contributed by atoms with Crippen molar-refractivity contribution < 1.29 is 19.3 Å². The van der Waals surface area contributed by atoms with Gasteiger partial charge in [-0.2, -0.15) is 0 Å². The maximum Gasteiger partial charge on any atom is 0.191 e. The molecular formula is C22H31N3O4. The molecule has 0 atom stereocenters. The fourth-order valence-corrected chi connectivity index (χ4v) is 2.77. The second kappa shape index (κ2) is 11.8. The van der Waals surface area contributed by atoms with Crippen LogP contribution in [0.15, 0.2) is 41.4 Å². The lowest BCUT2D eigenvalue weighted by atomic mass is 10.1. The Morgan fingerprint density at radius 3 is 2.48 bits per heavy atom. The molecule has 0 spiro atoms. The van der Waals surface area contributed by atoms with Crippen LogP contribution in [0.3, 0.4) is 0 Å². The molecule has 29 heavy (non-hydrogen) atoms. The highest BCUT2D eigenvalue weighted by atomic mass is 16.5. The molecule has 7 heteroatoms. The van der Waals surface area contributed by atoms with Crippen molar-refractivity contribution in [3.05, 3.63) is 53.1 Å². The highest BCUT2D eigenvalue weighted by Gasteiger charge is 2.07. The van der Waals surface area contributed by atoms with Crippen molar-refractivity contribution in [2.75, 3.05) is 34.0 Å². The third-order valence-electron chi connectivity index (χ3n) is 4.23. The van der Waals surface area contributed by atoms with E-state index in [0.717, 1.165) is 34.9 Å². The molecule has 158 valence electrons. The van der Waals surface area contributed by atoms with Crippen LogP contribution in [0.4, 0.5) is 0 Å². The first kappa shape index (κ1) is 22.4. The molecule has 0 bridgehead atoms. The number of aliphatic hydroxyl groups excluding tert-OH is 1. The molecule has 2 aromatic rings. The maximum atomic E-state index is 8.92. The van der Waals surface area contributed by atoms with Crippen LogP contribution in [-0.2, 0) is 13.1 Å². The van der Waals surface area contributed by atoms with Crippen molar-refractivity contribution in [3.63, 3.8) is 0 Å². The number of ether oxygens (including phenoxy) is 3. The van der Waals surface area contributed by atoms with Crippen LogP contribution in [0.5, 0.6) is 17.2 Å².